The number of nitrogens with one attached hydrogen (secondary N) is 2. The number of aromatic amines is 1. The number of thioether (sulfide) groups is 1. The van der Waals surface area contributed by atoms with Crippen LogP contribution < -0.4 is 10.9 Å². The Hall–Kier alpha value is -1.86. The molecule has 1 aliphatic rings. The molecule has 0 spiro atoms. The Morgan fingerprint density at radius 1 is 1.42 bits per heavy atom. The van der Waals surface area contributed by atoms with E-state index in [1.807, 2.05) is 30.1 Å². The van der Waals surface area contributed by atoms with Crippen LogP contribution in [0, 0.1) is 5.92 Å². The second-order valence-corrected chi connectivity index (χ2v) is 7.84. The number of fused-ring (bicyclic) bond motifs is 1. The Morgan fingerprint density at radius 3 is 3.12 bits per heavy atom. The van der Waals surface area contributed by atoms with Gasteiger partial charge < -0.3 is 15.2 Å². The molecular weight excluding hydrogens is 348 g/mol. The zero-order valence-electron chi connectivity index (χ0n) is 15.2. The molecule has 1 atom stereocenters. The van der Waals surface area contributed by atoms with E-state index in [2.05, 4.69) is 15.3 Å². The SMILES string of the molecule is CNCC1CCCN(C(=O)CCSCc2nc3ccccc3c(=O)[nH]2)C1. The Morgan fingerprint density at radius 2 is 2.27 bits per heavy atom. The number of nitrogens with zero attached hydrogens (tertiary/aromatic N) is 2. The van der Waals surface area contributed by atoms with Crippen LogP contribution in [-0.4, -0.2) is 53.2 Å². The summed E-state index contributed by atoms with van der Waals surface area (Å²) < 4.78 is 0. The fourth-order valence-electron chi connectivity index (χ4n) is 3.44. The van der Waals surface area contributed by atoms with Gasteiger partial charge in [0.15, 0.2) is 0 Å². The number of carbonyl (C=O) groups excluding carboxylic acids is 1. The Labute approximate surface area is 157 Å². The lowest BCUT2D eigenvalue weighted by atomic mass is 9.98. The molecule has 2 N–H and O–H groups in total. The number of aromatic nitrogens is 2. The van der Waals surface area contributed by atoms with E-state index < -0.39 is 0 Å². The molecule has 2 aromatic rings. The van der Waals surface area contributed by atoms with E-state index in [0.29, 0.717) is 34.8 Å². The van der Waals surface area contributed by atoms with Gasteiger partial charge in [-0.25, -0.2) is 4.98 Å². The third-order valence-electron chi connectivity index (χ3n) is 4.73. The van der Waals surface area contributed by atoms with Gasteiger partial charge in [0.25, 0.3) is 5.56 Å². The number of likely N-dealkylation sites (tertiary alicyclic amines) is 1. The average molecular weight is 375 g/mol. The first-order valence-corrected chi connectivity index (χ1v) is 10.3. The summed E-state index contributed by atoms with van der Waals surface area (Å²) in [5.41, 5.74) is 0.609. The number of hydrogen-bond acceptors (Lipinski definition) is 5. The zero-order chi connectivity index (χ0) is 18.4. The van der Waals surface area contributed by atoms with E-state index in [9.17, 15) is 9.59 Å². The molecular formula is C19H26N4O2S. The van der Waals surface area contributed by atoms with Gasteiger partial charge in [-0.1, -0.05) is 12.1 Å². The van der Waals surface area contributed by atoms with Gasteiger partial charge >= 0.3 is 0 Å². The fourth-order valence-corrected chi connectivity index (χ4v) is 4.23. The first-order chi connectivity index (χ1) is 12.7. The number of rotatable bonds is 7. The number of hydrogen-bond donors (Lipinski definition) is 2. The quantitative estimate of drug-likeness (QED) is 0.725. The van der Waals surface area contributed by atoms with Gasteiger partial charge in [-0.2, -0.15) is 11.8 Å². The molecule has 1 amide bonds. The standard InChI is InChI=1S/C19H26N4O2S/c1-20-11-14-5-4-9-23(12-14)18(24)8-10-26-13-17-21-16-7-3-2-6-15(16)19(25)22-17/h2-3,6-7,14,20H,4-5,8-13H2,1H3,(H,21,22,25). The minimum absolute atomic E-state index is 0.105. The van der Waals surface area contributed by atoms with E-state index in [-0.39, 0.29) is 11.5 Å². The molecule has 7 heteroatoms. The first-order valence-electron chi connectivity index (χ1n) is 9.15. The van der Waals surface area contributed by atoms with Crippen molar-refractivity contribution in [2.45, 2.75) is 25.0 Å². The molecule has 1 saturated heterocycles. The molecule has 1 aliphatic heterocycles. The maximum atomic E-state index is 12.4. The molecule has 1 unspecified atom stereocenters. The second kappa shape index (κ2) is 9.19. The molecule has 6 nitrogen and oxygen atoms in total. The third kappa shape index (κ3) is 4.86. The lowest BCUT2D eigenvalue weighted by Crippen LogP contribution is -2.42. The van der Waals surface area contributed by atoms with Gasteiger partial charge in [0.2, 0.25) is 5.91 Å². The van der Waals surface area contributed by atoms with Crippen molar-refractivity contribution in [1.29, 1.82) is 0 Å². The van der Waals surface area contributed by atoms with Crippen molar-refractivity contribution >= 4 is 28.6 Å². The summed E-state index contributed by atoms with van der Waals surface area (Å²) in [6.45, 7) is 2.71. The zero-order valence-corrected chi connectivity index (χ0v) is 16.0. The van der Waals surface area contributed by atoms with Crippen molar-refractivity contribution in [1.82, 2.24) is 20.2 Å². The summed E-state index contributed by atoms with van der Waals surface area (Å²) in [5, 5.41) is 3.82. The Balaban J connectivity index is 1.46. The molecule has 0 saturated carbocycles. The average Bonchev–Trinajstić information content (AvgIpc) is 2.66. The van der Waals surface area contributed by atoms with Crippen molar-refractivity contribution in [2.75, 3.05) is 32.4 Å². The molecule has 1 aromatic heterocycles. The second-order valence-electron chi connectivity index (χ2n) is 6.74. The molecule has 0 radical (unpaired) electrons. The molecule has 3 rings (SSSR count). The number of para-hydroxylation sites is 1. The number of benzene rings is 1. The van der Waals surface area contributed by atoms with Crippen molar-refractivity contribution in [3.63, 3.8) is 0 Å². The van der Waals surface area contributed by atoms with Gasteiger partial charge in [-0.05, 0) is 44.5 Å². The molecule has 2 heterocycles. The van der Waals surface area contributed by atoms with Crippen molar-refractivity contribution < 1.29 is 4.79 Å². The van der Waals surface area contributed by atoms with Crippen LogP contribution in [0.2, 0.25) is 0 Å². The Bertz CT molecular complexity index is 805. The summed E-state index contributed by atoms with van der Waals surface area (Å²) in [7, 11) is 1.96. The molecule has 26 heavy (non-hydrogen) atoms. The highest BCUT2D eigenvalue weighted by Gasteiger charge is 2.22. The van der Waals surface area contributed by atoms with E-state index in [4.69, 9.17) is 0 Å². The number of carbonyl (C=O) groups is 1. The van der Waals surface area contributed by atoms with Gasteiger partial charge in [0, 0.05) is 25.3 Å². The third-order valence-corrected chi connectivity index (χ3v) is 5.70. The van der Waals surface area contributed by atoms with E-state index in [0.717, 1.165) is 31.8 Å². The highest BCUT2D eigenvalue weighted by molar-refractivity contribution is 7.98. The van der Waals surface area contributed by atoms with Crippen molar-refractivity contribution in [3.05, 3.63) is 40.4 Å². The van der Waals surface area contributed by atoms with E-state index in [1.54, 1.807) is 17.8 Å². The highest BCUT2D eigenvalue weighted by atomic mass is 32.2. The smallest absolute Gasteiger partial charge is 0.258 e. The van der Waals surface area contributed by atoms with Crippen LogP contribution in [0.4, 0.5) is 0 Å². The summed E-state index contributed by atoms with van der Waals surface area (Å²) in [5.74, 6) is 2.81. The lowest BCUT2D eigenvalue weighted by molar-refractivity contribution is -0.132. The molecule has 0 aliphatic carbocycles. The molecule has 1 fully saturated rings. The van der Waals surface area contributed by atoms with Gasteiger partial charge in [0.05, 0.1) is 16.7 Å². The predicted molar refractivity (Wildman–Crippen MR) is 106 cm³/mol. The topological polar surface area (TPSA) is 78.1 Å². The van der Waals surface area contributed by atoms with Crippen molar-refractivity contribution in [3.8, 4) is 0 Å². The van der Waals surface area contributed by atoms with Gasteiger partial charge in [0.1, 0.15) is 5.82 Å². The summed E-state index contributed by atoms with van der Waals surface area (Å²) in [6, 6.07) is 7.34. The molecule has 1 aromatic carbocycles. The van der Waals surface area contributed by atoms with Crippen LogP contribution in [0.5, 0.6) is 0 Å². The monoisotopic (exact) mass is 374 g/mol. The van der Waals surface area contributed by atoms with Crippen LogP contribution in [0.3, 0.4) is 0 Å². The summed E-state index contributed by atoms with van der Waals surface area (Å²) in [4.78, 5) is 33.8. The lowest BCUT2D eigenvalue weighted by Gasteiger charge is -2.32. The number of H-pyrrole nitrogens is 1. The van der Waals surface area contributed by atoms with Crippen LogP contribution >= 0.6 is 11.8 Å². The van der Waals surface area contributed by atoms with E-state index in [1.165, 1.54) is 6.42 Å². The van der Waals surface area contributed by atoms with Gasteiger partial charge in [-0.15, -0.1) is 0 Å². The number of piperidine rings is 1. The van der Waals surface area contributed by atoms with Gasteiger partial charge in [-0.3, -0.25) is 9.59 Å². The maximum Gasteiger partial charge on any atom is 0.258 e. The normalized spacial score (nSPS) is 17.6. The fraction of sp³-hybridized carbons (Fsp3) is 0.526. The van der Waals surface area contributed by atoms with Crippen molar-refractivity contribution in [2.24, 2.45) is 5.92 Å². The Kier molecular flexibility index (Phi) is 6.68. The van der Waals surface area contributed by atoms with Crippen LogP contribution in [-0.2, 0) is 10.5 Å². The minimum atomic E-state index is -0.105. The number of amides is 1. The highest BCUT2D eigenvalue weighted by Crippen LogP contribution is 2.18. The van der Waals surface area contributed by atoms with E-state index >= 15 is 0 Å². The molecule has 140 valence electrons. The summed E-state index contributed by atoms with van der Waals surface area (Å²) >= 11 is 1.63. The van der Waals surface area contributed by atoms with Crippen LogP contribution in [0.15, 0.2) is 29.1 Å². The predicted octanol–water partition coefficient (Wildman–Crippen LogP) is 2.00. The molecule has 0 bridgehead atoms. The van der Waals surface area contributed by atoms with Crippen LogP contribution in [0.1, 0.15) is 25.1 Å². The maximum absolute atomic E-state index is 12.4. The minimum Gasteiger partial charge on any atom is -0.342 e. The summed E-state index contributed by atoms with van der Waals surface area (Å²) in [6.07, 6.45) is 2.82. The van der Waals surface area contributed by atoms with Crippen LogP contribution in [0.25, 0.3) is 10.9 Å². The first kappa shape index (κ1) is 18.9. The largest absolute Gasteiger partial charge is 0.342 e.